The normalized spacial score (nSPS) is 32.5. The molecule has 0 amide bonds. The minimum absolute atomic E-state index is 0.976. The molecule has 2 atom stereocenters. The van der Waals surface area contributed by atoms with E-state index in [1.165, 1.54) is 37.5 Å². The summed E-state index contributed by atoms with van der Waals surface area (Å²) in [6, 6.07) is 0. The van der Waals surface area contributed by atoms with Gasteiger partial charge < -0.3 is 4.90 Å². The molecule has 2 aliphatic rings. The Morgan fingerprint density at radius 1 is 1.31 bits per heavy atom. The van der Waals surface area contributed by atoms with Crippen molar-refractivity contribution in [1.29, 1.82) is 0 Å². The summed E-state index contributed by atoms with van der Waals surface area (Å²) in [5.74, 6) is 1.95. The Labute approximate surface area is 82.6 Å². The van der Waals surface area contributed by atoms with Crippen molar-refractivity contribution in [3.8, 4) is 0 Å². The van der Waals surface area contributed by atoms with E-state index in [0.29, 0.717) is 0 Å². The molecule has 3 rings (SSSR count). The second-order valence-corrected chi connectivity index (χ2v) is 5.04. The molecule has 2 fully saturated rings. The first kappa shape index (κ1) is 7.80. The van der Waals surface area contributed by atoms with Crippen LogP contribution < -0.4 is 4.90 Å². The van der Waals surface area contributed by atoms with Crippen LogP contribution >= 0.6 is 11.3 Å². The topological polar surface area (TPSA) is 16.1 Å². The van der Waals surface area contributed by atoms with Crippen LogP contribution in [-0.2, 0) is 0 Å². The molecule has 0 aromatic carbocycles. The smallest absolute Gasteiger partial charge is 0.185 e. The van der Waals surface area contributed by atoms with Gasteiger partial charge in [-0.15, -0.1) is 11.3 Å². The van der Waals surface area contributed by atoms with Crippen molar-refractivity contribution in [2.75, 3.05) is 18.0 Å². The molecule has 2 heterocycles. The van der Waals surface area contributed by atoms with Crippen molar-refractivity contribution in [2.45, 2.75) is 19.3 Å². The largest absolute Gasteiger partial charge is 0.348 e. The molecule has 0 spiro atoms. The van der Waals surface area contributed by atoms with Crippen LogP contribution in [0, 0.1) is 11.8 Å². The molecular formula is C10H14N2S. The third-order valence-corrected chi connectivity index (χ3v) is 4.25. The highest BCUT2D eigenvalue weighted by Gasteiger charge is 2.36. The zero-order valence-corrected chi connectivity index (χ0v) is 8.46. The average Bonchev–Trinajstić information content (AvgIpc) is 2.78. The van der Waals surface area contributed by atoms with Gasteiger partial charge in [-0.1, -0.05) is 6.42 Å². The van der Waals surface area contributed by atoms with E-state index in [9.17, 15) is 0 Å². The van der Waals surface area contributed by atoms with Gasteiger partial charge in [-0.3, -0.25) is 0 Å². The van der Waals surface area contributed by atoms with Crippen molar-refractivity contribution < 1.29 is 0 Å². The monoisotopic (exact) mass is 194 g/mol. The predicted molar refractivity (Wildman–Crippen MR) is 55.2 cm³/mol. The number of fused-ring (bicyclic) bond motifs is 1. The van der Waals surface area contributed by atoms with Gasteiger partial charge in [0.1, 0.15) is 0 Å². The molecule has 1 saturated carbocycles. The lowest BCUT2D eigenvalue weighted by atomic mass is 10.0. The molecule has 2 unspecified atom stereocenters. The minimum Gasteiger partial charge on any atom is -0.348 e. The van der Waals surface area contributed by atoms with E-state index in [-0.39, 0.29) is 0 Å². The molecule has 0 N–H and O–H groups in total. The van der Waals surface area contributed by atoms with E-state index in [0.717, 1.165) is 11.8 Å². The van der Waals surface area contributed by atoms with Crippen molar-refractivity contribution in [3.05, 3.63) is 11.6 Å². The fourth-order valence-corrected chi connectivity index (χ4v) is 3.43. The first-order chi connectivity index (χ1) is 6.43. The Bertz CT molecular complexity index is 271. The van der Waals surface area contributed by atoms with Crippen molar-refractivity contribution in [1.82, 2.24) is 4.98 Å². The lowest BCUT2D eigenvalue weighted by Crippen LogP contribution is -2.20. The maximum atomic E-state index is 4.37. The molecule has 70 valence electrons. The molecule has 3 heteroatoms. The first-order valence-corrected chi connectivity index (χ1v) is 5.96. The number of aromatic nitrogens is 1. The van der Waals surface area contributed by atoms with Crippen molar-refractivity contribution >= 4 is 16.5 Å². The Morgan fingerprint density at radius 3 is 2.69 bits per heavy atom. The van der Waals surface area contributed by atoms with E-state index in [1.54, 1.807) is 11.3 Å². The summed E-state index contributed by atoms with van der Waals surface area (Å²) < 4.78 is 0. The summed E-state index contributed by atoms with van der Waals surface area (Å²) in [7, 11) is 0. The summed E-state index contributed by atoms with van der Waals surface area (Å²) in [6.45, 7) is 2.52. The van der Waals surface area contributed by atoms with Gasteiger partial charge in [0.05, 0.1) is 0 Å². The quantitative estimate of drug-likeness (QED) is 0.682. The molecule has 1 aromatic rings. The highest BCUT2D eigenvalue weighted by molar-refractivity contribution is 7.13. The van der Waals surface area contributed by atoms with Gasteiger partial charge in [0.25, 0.3) is 0 Å². The average molecular weight is 194 g/mol. The van der Waals surface area contributed by atoms with E-state index >= 15 is 0 Å². The fraction of sp³-hybridized carbons (Fsp3) is 0.700. The van der Waals surface area contributed by atoms with Crippen LogP contribution in [0.15, 0.2) is 11.6 Å². The predicted octanol–water partition coefficient (Wildman–Crippen LogP) is 2.38. The van der Waals surface area contributed by atoms with E-state index in [1.807, 2.05) is 6.20 Å². The molecule has 1 aliphatic carbocycles. The zero-order chi connectivity index (χ0) is 8.67. The van der Waals surface area contributed by atoms with E-state index in [2.05, 4.69) is 15.3 Å². The number of thiazole rings is 1. The zero-order valence-electron chi connectivity index (χ0n) is 7.65. The van der Waals surface area contributed by atoms with Gasteiger partial charge >= 0.3 is 0 Å². The number of hydrogen-bond acceptors (Lipinski definition) is 3. The number of nitrogens with zero attached hydrogens (tertiary/aromatic N) is 2. The Hall–Kier alpha value is -0.570. The third-order valence-electron chi connectivity index (χ3n) is 3.42. The number of hydrogen-bond donors (Lipinski definition) is 0. The molecule has 1 aliphatic heterocycles. The lowest BCUT2D eigenvalue weighted by Gasteiger charge is -2.14. The first-order valence-electron chi connectivity index (χ1n) is 5.08. The molecule has 1 saturated heterocycles. The second-order valence-electron chi connectivity index (χ2n) is 4.17. The Balaban J connectivity index is 1.76. The van der Waals surface area contributed by atoms with E-state index < -0.39 is 0 Å². The Morgan fingerprint density at radius 2 is 2.08 bits per heavy atom. The summed E-state index contributed by atoms with van der Waals surface area (Å²) in [5.41, 5.74) is 0. The van der Waals surface area contributed by atoms with Crippen LogP contribution in [0.25, 0.3) is 0 Å². The van der Waals surface area contributed by atoms with Gasteiger partial charge in [0.15, 0.2) is 5.13 Å². The molecule has 13 heavy (non-hydrogen) atoms. The van der Waals surface area contributed by atoms with Crippen molar-refractivity contribution in [3.63, 3.8) is 0 Å². The highest BCUT2D eigenvalue weighted by Crippen LogP contribution is 2.39. The maximum absolute atomic E-state index is 4.37. The molecular weight excluding hydrogens is 180 g/mol. The standard InChI is InChI=1S/C10H14N2S/c1-2-8-6-12(7-9(8)3-1)10-11-4-5-13-10/h4-5,8-9H,1-3,6-7H2. The highest BCUT2D eigenvalue weighted by atomic mass is 32.1. The van der Waals surface area contributed by atoms with Crippen LogP contribution in [0.2, 0.25) is 0 Å². The Kier molecular flexibility index (Phi) is 1.79. The van der Waals surface area contributed by atoms with Crippen LogP contribution in [0.4, 0.5) is 5.13 Å². The van der Waals surface area contributed by atoms with Crippen molar-refractivity contribution in [2.24, 2.45) is 11.8 Å². The summed E-state index contributed by atoms with van der Waals surface area (Å²) in [5, 5.41) is 3.30. The lowest BCUT2D eigenvalue weighted by molar-refractivity contribution is 0.494. The van der Waals surface area contributed by atoms with Crippen LogP contribution in [0.1, 0.15) is 19.3 Å². The van der Waals surface area contributed by atoms with Gasteiger partial charge in [-0.2, -0.15) is 0 Å². The minimum atomic E-state index is 0.976. The van der Waals surface area contributed by atoms with E-state index in [4.69, 9.17) is 0 Å². The summed E-state index contributed by atoms with van der Waals surface area (Å²) in [4.78, 5) is 6.84. The van der Waals surface area contributed by atoms with Crippen LogP contribution in [0.3, 0.4) is 0 Å². The molecule has 0 bridgehead atoms. The summed E-state index contributed by atoms with van der Waals surface area (Å²) >= 11 is 1.77. The second kappa shape index (κ2) is 2.98. The molecule has 2 nitrogen and oxygen atoms in total. The van der Waals surface area contributed by atoms with Gasteiger partial charge in [-0.25, -0.2) is 4.98 Å². The SMILES string of the molecule is c1csc(N2CC3CCCC3C2)n1. The van der Waals surface area contributed by atoms with Gasteiger partial charge in [0, 0.05) is 24.7 Å². The molecule has 0 radical (unpaired) electrons. The maximum Gasteiger partial charge on any atom is 0.185 e. The molecule has 1 aromatic heterocycles. The third kappa shape index (κ3) is 1.26. The summed E-state index contributed by atoms with van der Waals surface area (Å²) in [6.07, 6.45) is 6.27. The number of rotatable bonds is 1. The van der Waals surface area contributed by atoms with Crippen LogP contribution in [0.5, 0.6) is 0 Å². The number of anilines is 1. The van der Waals surface area contributed by atoms with Crippen LogP contribution in [-0.4, -0.2) is 18.1 Å². The fourth-order valence-electron chi connectivity index (χ4n) is 2.76. The van der Waals surface area contributed by atoms with Gasteiger partial charge in [-0.05, 0) is 24.7 Å². The van der Waals surface area contributed by atoms with Gasteiger partial charge in [0.2, 0.25) is 0 Å².